The first kappa shape index (κ1) is 17.5. The number of hydrogen-bond acceptors (Lipinski definition) is 3. The van der Waals surface area contributed by atoms with Crippen molar-refractivity contribution in [1.29, 1.82) is 0 Å². The molecule has 0 spiro atoms. The molecule has 2 aromatic rings. The molecule has 1 unspecified atom stereocenters. The summed E-state index contributed by atoms with van der Waals surface area (Å²) in [6.45, 7) is 3.42. The quantitative estimate of drug-likeness (QED) is 0.892. The summed E-state index contributed by atoms with van der Waals surface area (Å²) in [6.07, 6.45) is -1.64. The molecular formula is C17H19F3N4O. The Morgan fingerprint density at radius 2 is 2.00 bits per heavy atom. The second-order valence-electron chi connectivity index (χ2n) is 6.47. The lowest BCUT2D eigenvalue weighted by Crippen LogP contribution is -2.46. The lowest BCUT2D eigenvalue weighted by atomic mass is 9.82. The molecule has 2 N–H and O–H groups in total. The van der Waals surface area contributed by atoms with E-state index in [0.717, 1.165) is 36.3 Å². The Labute approximate surface area is 143 Å². The average molecular weight is 352 g/mol. The van der Waals surface area contributed by atoms with Crippen LogP contribution in [0.2, 0.25) is 0 Å². The van der Waals surface area contributed by atoms with Crippen molar-refractivity contribution < 1.29 is 18.0 Å². The molecule has 1 aromatic carbocycles. The summed E-state index contributed by atoms with van der Waals surface area (Å²) in [5, 5.41) is 9.78. The smallest absolute Gasteiger partial charge is 0.326 e. The molecule has 134 valence electrons. The summed E-state index contributed by atoms with van der Waals surface area (Å²) >= 11 is 0. The van der Waals surface area contributed by atoms with Crippen molar-refractivity contribution in [2.75, 3.05) is 18.4 Å². The van der Waals surface area contributed by atoms with Crippen LogP contribution in [0, 0.1) is 5.41 Å². The van der Waals surface area contributed by atoms with Gasteiger partial charge < -0.3 is 10.6 Å². The topological polar surface area (TPSA) is 59.0 Å². The molecule has 1 saturated heterocycles. The number of anilines is 1. The minimum absolute atomic E-state index is 0.0949. The van der Waals surface area contributed by atoms with Crippen molar-refractivity contribution in [3.8, 4) is 5.69 Å². The Kier molecular flexibility index (Phi) is 4.55. The van der Waals surface area contributed by atoms with Gasteiger partial charge >= 0.3 is 6.18 Å². The number of rotatable bonds is 3. The van der Waals surface area contributed by atoms with Crippen LogP contribution in [0.15, 0.2) is 36.5 Å². The van der Waals surface area contributed by atoms with E-state index in [1.807, 2.05) is 6.92 Å². The van der Waals surface area contributed by atoms with Gasteiger partial charge in [0.25, 0.3) is 0 Å². The maximum absolute atomic E-state index is 12.9. The van der Waals surface area contributed by atoms with Gasteiger partial charge in [0, 0.05) is 12.2 Å². The van der Waals surface area contributed by atoms with Crippen LogP contribution >= 0.6 is 0 Å². The maximum Gasteiger partial charge on any atom is 0.433 e. The van der Waals surface area contributed by atoms with E-state index in [0.29, 0.717) is 12.2 Å². The number of hydrogen-bond donors (Lipinski definition) is 2. The normalized spacial score (nSPS) is 21.1. The van der Waals surface area contributed by atoms with E-state index in [4.69, 9.17) is 0 Å². The molecular weight excluding hydrogens is 333 g/mol. The third-order valence-corrected chi connectivity index (χ3v) is 4.45. The number of benzene rings is 1. The third kappa shape index (κ3) is 3.68. The lowest BCUT2D eigenvalue weighted by molar-refractivity contribution is -0.142. The Morgan fingerprint density at radius 1 is 1.28 bits per heavy atom. The van der Waals surface area contributed by atoms with Crippen molar-refractivity contribution in [3.63, 3.8) is 0 Å². The number of piperidine rings is 1. The number of carbonyl (C=O) groups excluding carboxylic acids is 1. The standard InChI is InChI=1S/C17H19F3N4O/c1-16(8-2-9-21-11-16)15(25)23-12-3-5-13(6-4-12)24-14(7-10-22-24)17(18,19)20/h3-7,10,21H,2,8-9,11H2,1H3,(H,23,25). The van der Waals surface area contributed by atoms with Gasteiger partial charge in [0.15, 0.2) is 0 Å². The van der Waals surface area contributed by atoms with E-state index < -0.39 is 17.3 Å². The first-order chi connectivity index (χ1) is 11.8. The lowest BCUT2D eigenvalue weighted by Gasteiger charge is -2.32. The Morgan fingerprint density at radius 3 is 2.60 bits per heavy atom. The third-order valence-electron chi connectivity index (χ3n) is 4.45. The van der Waals surface area contributed by atoms with Crippen LogP contribution in [0.25, 0.3) is 5.69 Å². The molecule has 25 heavy (non-hydrogen) atoms. The molecule has 2 heterocycles. The maximum atomic E-state index is 12.9. The fourth-order valence-electron chi connectivity index (χ4n) is 2.94. The number of halogens is 3. The number of amides is 1. The van der Waals surface area contributed by atoms with Gasteiger partial charge in [-0.15, -0.1) is 0 Å². The number of carbonyl (C=O) groups is 1. The number of nitrogens with zero attached hydrogens (tertiary/aromatic N) is 2. The Balaban J connectivity index is 1.75. The van der Waals surface area contributed by atoms with Gasteiger partial charge in [-0.05, 0) is 56.6 Å². The Hall–Kier alpha value is -2.35. The second-order valence-corrected chi connectivity index (χ2v) is 6.47. The molecule has 1 aliphatic rings. The Bertz CT molecular complexity index is 746. The summed E-state index contributed by atoms with van der Waals surface area (Å²) in [5.41, 5.74) is -0.505. The predicted octanol–water partition coefficient (Wildman–Crippen LogP) is 3.22. The predicted molar refractivity (Wildman–Crippen MR) is 87.4 cm³/mol. The fraction of sp³-hybridized carbons (Fsp3) is 0.412. The van der Waals surface area contributed by atoms with E-state index in [2.05, 4.69) is 15.7 Å². The van der Waals surface area contributed by atoms with Gasteiger partial charge in [0.05, 0.1) is 17.3 Å². The summed E-state index contributed by atoms with van der Waals surface area (Å²) in [7, 11) is 0. The molecule has 0 radical (unpaired) electrons. The molecule has 5 nitrogen and oxygen atoms in total. The highest BCUT2D eigenvalue weighted by atomic mass is 19.4. The van der Waals surface area contributed by atoms with E-state index in [1.54, 1.807) is 12.1 Å². The molecule has 1 amide bonds. The SMILES string of the molecule is CC1(C(=O)Nc2ccc(-n3nccc3C(F)(F)F)cc2)CCCNC1. The molecule has 0 bridgehead atoms. The number of aromatic nitrogens is 2. The fourth-order valence-corrected chi connectivity index (χ4v) is 2.94. The molecule has 1 fully saturated rings. The highest BCUT2D eigenvalue weighted by Gasteiger charge is 2.36. The van der Waals surface area contributed by atoms with Crippen LogP contribution in [0.1, 0.15) is 25.5 Å². The van der Waals surface area contributed by atoms with Crippen LogP contribution in [-0.4, -0.2) is 28.8 Å². The van der Waals surface area contributed by atoms with Crippen molar-refractivity contribution in [2.24, 2.45) is 5.41 Å². The van der Waals surface area contributed by atoms with Crippen molar-refractivity contribution >= 4 is 11.6 Å². The van der Waals surface area contributed by atoms with E-state index in [-0.39, 0.29) is 11.6 Å². The van der Waals surface area contributed by atoms with Crippen LogP contribution in [0.3, 0.4) is 0 Å². The zero-order valence-electron chi connectivity index (χ0n) is 13.7. The van der Waals surface area contributed by atoms with Crippen LogP contribution in [0.4, 0.5) is 18.9 Å². The van der Waals surface area contributed by atoms with Crippen LogP contribution < -0.4 is 10.6 Å². The average Bonchev–Trinajstić information content (AvgIpc) is 3.06. The van der Waals surface area contributed by atoms with E-state index in [1.165, 1.54) is 12.1 Å². The number of alkyl halides is 3. The molecule has 3 rings (SSSR count). The zero-order chi connectivity index (χ0) is 18.1. The first-order valence-electron chi connectivity index (χ1n) is 8.03. The van der Waals surface area contributed by atoms with Gasteiger partial charge in [-0.1, -0.05) is 0 Å². The summed E-state index contributed by atoms with van der Waals surface area (Å²) in [6, 6.07) is 7.08. The van der Waals surface area contributed by atoms with Gasteiger partial charge in [-0.25, -0.2) is 4.68 Å². The van der Waals surface area contributed by atoms with Crippen LogP contribution in [0.5, 0.6) is 0 Å². The monoisotopic (exact) mass is 352 g/mol. The molecule has 0 aliphatic carbocycles. The van der Waals surface area contributed by atoms with Gasteiger partial charge in [-0.3, -0.25) is 4.79 Å². The minimum atomic E-state index is -4.48. The molecule has 8 heteroatoms. The highest BCUT2D eigenvalue weighted by molar-refractivity contribution is 5.95. The van der Waals surface area contributed by atoms with Gasteiger partial charge in [-0.2, -0.15) is 18.3 Å². The molecule has 1 atom stereocenters. The highest BCUT2D eigenvalue weighted by Crippen LogP contribution is 2.31. The zero-order valence-corrected chi connectivity index (χ0v) is 13.7. The van der Waals surface area contributed by atoms with Gasteiger partial charge in [0.1, 0.15) is 5.69 Å². The molecule has 1 aromatic heterocycles. The van der Waals surface area contributed by atoms with Gasteiger partial charge in [0.2, 0.25) is 5.91 Å². The summed E-state index contributed by atoms with van der Waals surface area (Å²) < 4.78 is 39.7. The summed E-state index contributed by atoms with van der Waals surface area (Å²) in [4.78, 5) is 12.5. The minimum Gasteiger partial charge on any atom is -0.326 e. The molecule has 0 saturated carbocycles. The second kappa shape index (κ2) is 6.51. The summed E-state index contributed by atoms with van der Waals surface area (Å²) in [5.74, 6) is -0.0949. The van der Waals surface area contributed by atoms with Crippen molar-refractivity contribution in [1.82, 2.24) is 15.1 Å². The van der Waals surface area contributed by atoms with E-state index >= 15 is 0 Å². The first-order valence-corrected chi connectivity index (χ1v) is 8.03. The number of nitrogens with one attached hydrogen (secondary N) is 2. The largest absolute Gasteiger partial charge is 0.433 e. The van der Waals surface area contributed by atoms with E-state index in [9.17, 15) is 18.0 Å². The van der Waals surface area contributed by atoms with Crippen molar-refractivity contribution in [3.05, 3.63) is 42.2 Å². The molecule has 1 aliphatic heterocycles. The van der Waals surface area contributed by atoms with Crippen LogP contribution in [-0.2, 0) is 11.0 Å². The van der Waals surface area contributed by atoms with Crippen molar-refractivity contribution in [2.45, 2.75) is 25.9 Å².